The molecule has 2 aliphatic rings. The van der Waals surface area contributed by atoms with Crippen molar-refractivity contribution in [2.24, 2.45) is 0 Å². The van der Waals surface area contributed by atoms with Crippen LogP contribution in [0.3, 0.4) is 0 Å². The lowest BCUT2D eigenvalue weighted by Crippen LogP contribution is -2.49. The number of halogens is 5. The number of pyridine rings is 1. The second-order valence-corrected chi connectivity index (χ2v) is 13.2. The number of aryl methyl sites for hydroxylation is 2. The maximum atomic E-state index is 15.8. The lowest BCUT2D eigenvalue weighted by Gasteiger charge is -2.34. The van der Waals surface area contributed by atoms with Crippen molar-refractivity contribution >= 4 is 23.2 Å². The second-order valence-electron chi connectivity index (χ2n) is 12.0. The average Bonchev–Trinajstić information content (AvgIpc) is 3.36. The van der Waals surface area contributed by atoms with Crippen LogP contribution in [-0.2, 0) is 22.2 Å². The van der Waals surface area contributed by atoms with Crippen molar-refractivity contribution in [2.75, 3.05) is 19.6 Å². The number of aromatic nitrogens is 1. The molecule has 2 aromatic heterocycles. The second kappa shape index (κ2) is 12.8. The van der Waals surface area contributed by atoms with E-state index in [1.54, 1.807) is 30.0 Å². The largest absolute Gasteiger partial charge is 0.481 e. The van der Waals surface area contributed by atoms with Gasteiger partial charge in [0.2, 0.25) is 5.91 Å². The molecule has 4 bridgehead atoms. The van der Waals surface area contributed by atoms with Crippen molar-refractivity contribution in [3.8, 4) is 21.9 Å². The quantitative estimate of drug-likeness (QED) is 0.223. The summed E-state index contributed by atoms with van der Waals surface area (Å²) in [5, 5.41) is 12.5. The Morgan fingerprint density at radius 1 is 1.08 bits per heavy atom. The minimum atomic E-state index is -4.93. The van der Waals surface area contributed by atoms with Crippen LogP contribution in [0.5, 0.6) is 11.5 Å². The molecule has 8 nitrogen and oxygen atoms in total. The molecule has 1 amide bonds. The van der Waals surface area contributed by atoms with Crippen LogP contribution in [0.2, 0.25) is 0 Å². The number of carbonyl (C=O) groups is 2. The maximum Gasteiger partial charge on any atom is 0.416 e. The van der Waals surface area contributed by atoms with Gasteiger partial charge in [0.05, 0.1) is 18.0 Å². The predicted molar refractivity (Wildman–Crippen MR) is 168 cm³/mol. The van der Waals surface area contributed by atoms with Gasteiger partial charge in [-0.05, 0) is 67.3 Å². The third-order valence-corrected chi connectivity index (χ3v) is 9.69. The number of amides is 1. The molecule has 2 N–H and O–H groups in total. The van der Waals surface area contributed by atoms with Gasteiger partial charge in [0, 0.05) is 52.8 Å². The van der Waals surface area contributed by atoms with Gasteiger partial charge in [0.25, 0.3) is 5.56 Å². The van der Waals surface area contributed by atoms with Crippen LogP contribution < -0.4 is 15.6 Å². The number of aliphatic carboxylic acids is 1. The van der Waals surface area contributed by atoms with E-state index in [1.165, 1.54) is 23.5 Å². The summed E-state index contributed by atoms with van der Waals surface area (Å²) in [7, 11) is 0. The molecule has 48 heavy (non-hydrogen) atoms. The van der Waals surface area contributed by atoms with Crippen molar-refractivity contribution in [3.05, 3.63) is 104 Å². The van der Waals surface area contributed by atoms with Gasteiger partial charge >= 0.3 is 12.1 Å². The van der Waals surface area contributed by atoms with Crippen molar-refractivity contribution in [2.45, 2.75) is 51.1 Å². The molecule has 2 aliphatic heterocycles. The highest BCUT2D eigenvalue weighted by molar-refractivity contribution is 7.15. The molecule has 1 saturated heterocycles. The van der Waals surface area contributed by atoms with Crippen LogP contribution in [0.4, 0.5) is 22.0 Å². The summed E-state index contributed by atoms with van der Waals surface area (Å²) < 4.78 is 78.5. The van der Waals surface area contributed by atoms with Gasteiger partial charge < -0.3 is 15.2 Å². The zero-order valence-electron chi connectivity index (χ0n) is 25.7. The number of hydrogen-bond acceptors (Lipinski definition) is 6. The fourth-order valence-electron chi connectivity index (χ4n) is 6.23. The molecule has 2 atom stereocenters. The van der Waals surface area contributed by atoms with Gasteiger partial charge in [0.15, 0.2) is 0 Å². The fourth-order valence-corrected chi connectivity index (χ4v) is 7.43. The number of rotatable bonds is 6. The first-order chi connectivity index (χ1) is 22.7. The first kappa shape index (κ1) is 33.3. The lowest BCUT2D eigenvalue weighted by molar-refractivity contribution is -0.139. The molecule has 6 rings (SSSR count). The highest BCUT2D eigenvalue weighted by Crippen LogP contribution is 2.43. The molecule has 0 unspecified atom stereocenters. The van der Waals surface area contributed by atoms with E-state index in [-0.39, 0.29) is 42.9 Å². The Kier molecular flexibility index (Phi) is 8.90. The summed E-state index contributed by atoms with van der Waals surface area (Å²) >= 11 is 1.35. The van der Waals surface area contributed by atoms with Crippen molar-refractivity contribution in [1.82, 2.24) is 14.8 Å². The summed E-state index contributed by atoms with van der Waals surface area (Å²) in [6.07, 6.45) is -5.94. The molecule has 1 fully saturated rings. The van der Waals surface area contributed by atoms with E-state index in [0.717, 1.165) is 27.3 Å². The van der Waals surface area contributed by atoms with Gasteiger partial charge in [-0.15, -0.1) is 11.3 Å². The van der Waals surface area contributed by atoms with Crippen LogP contribution in [0.25, 0.3) is 10.4 Å². The maximum absolute atomic E-state index is 15.8. The van der Waals surface area contributed by atoms with Gasteiger partial charge in [-0.1, -0.05) is 12.1 Å². The Morgan fingerprint density at radius 3 is 2.52 bits per heavy atom. The number of thiophene rings is 1. The monoisotopic (exact) mass is 687 g/mol. The summed E-state index contributed by atoms with van der Waals surface area (Å²) in [5.41, 5.74) is -1.20. The smallest absolute Gasteiger partial charge is 0.416 e. The average molecular weight is 688 g/mol. The number of nitrogens with one attached hydrogen (secondary N) is 1. The topological polar surface area (TPSA) is 101 Å². The van der Waals surface area contributed by atoms with Gasteiger partial charge in [-0.2, -0.15) is 13.2 Å². The van der Waals surface area contributed by atoms with Crippen LogP contribution in [0.15, 0.2) is 59.5 Å². The molecular weight excluding hydrogens is 657 g/mol. The summed E-state index contributed by atoms with van der Waals surface area (Å²) in [6, 6.07) is 7.96. The highest BCUT2D eigenvalue weighted by atomic mass is 32.1. The Bertz CT molecular complexity index is 1970. The summed E-state index contributed by atoms with van der Waals surface area (Å²) in [4.78, 5) is 42.7. The van der Waals surface area contributed by atoms with Crippen LogP contribution in [-0.4, -0.2) is 52.3 Å². The van der Waals surface area contributed by atoms with Crippen molar-refractivity contribution < 1.29 is 41.4 Å². The first-order valence-electron chi connectivity index (χ1n) is 15.1. The van der Waals surface area contributed by atoms with Gasteiger partial charge in [-0.25, -0.2) is 8.78 Å². The molecule has 0 saturated carbocycles. The molecule has 0 aliphatic carbocycles. The van der Waals surface area contributed by atoms with Crippen LogP contribution in [0, 0.1) is 19.7 Å². The SMILES string of the molecule is Cc1cccc2c1-c1cc(c(C)s1)[C@@H](CC(=O)O)NC(=O)[C@@H](n1cc(CCN3CC(F)C3)c(C(F)(F)F)cc1=O)c1cc(ccc1F)O2. The highest BCUT2D eigenvalue weighted by Gasteiger charge is 2.37. The Labute approximate surface area is 275 Å². The van der Waals surface area contributed by atoms with Crippen LogP contribution in [0.1, 0.15) is 51.2 Å². The zero-order valence-corrected chi connectivity index (χ0v) is 26.6. The van der Waals surface area contributed by atoms with Gasteiger partial charge in [-0.3, -0.25) is 23.9 Å². The molecule has 14 heteroatoms. The standard InChI is InChI=1S/C34H30F5N3O5S/c1-17-4-3-5-27-31(17)28-11-22(18(2)48-28)26(13-30(44)45)40-33(46)32(23-10-21(47-27)6-7-25(23)36)42-14-19(8-9-41-15-20(35)16-41)24(12-29(42)43)34(37,38)39/h3-7,10-12,14,20,26,32H,8-9,13,15-16H2,1-2H3,(H,40,46)(H,44,45)/t26-,32+/m1/s1. The number of likely N-dealkylation sites (tertiary alicyclic amines) is 1. The van der Waals surface area contributed by atoms with E-state index >= 15 is 4.39 Å². The normalized spacial score (nSPS) is 18.4. The summed E-state index contributed by atoms with van der Waals surface area (Å²) in [6.45, 7) is 3.78. The number of fused-ring (bicyclic) bond motifs is 6. The molecule has 4 aromatic rings. The Hall–Kier alpha value is -4.56. The number of benzene rings is 2. The first-order valence-corrected chi connectivity index (χ1v) is 15.9. The predicted octanol–water partition coefficient (Wildman–Crippen LogP) is 6.58. The van der Waals surface area contributed by atoms with E-state index in [2.05, 4.69) is 5.32 Å². The molecule has 0 spiro atoms. The number of hydrogen-bond donors (Lipinski definition) is 2. The third-order valence-electron chi connectivity index (χ3n) is 8.60. The number of carboxylic acids is 1. The number of carboxylic acid groups (broad SMARTS) is 1. The molecular formula is C34H30F5N3O5S. The van der Waals surface area contributed by atoms with E-state index in [9.17, 15) is 37.1 Å². The fraction of sp³-hybridized carbons (Fsp3) is 0.324. The molecule has 252 valence electrons. The zero-order chi connectivity index (χ0) is 34.5. The van der Waals surface area contributed by atoms with Crippen molar-refractivity contribution in [1.29, 1.82) is 0 Å². The van der Waals surface area contributed by atoms with E-state index in [4.69, 9.17) is 4.74 Å². The van der Waals surface area contributed by atoms with Crippen molar-refractivity contribution in [3.63, 3.8) is 0 Å². The van der Waals surface area contributed by atoms with Gasteiger partial charge in [0.1, 0.15) is 29.5 Å². The van der Waals surface area contributed by atoms with E-state index < -0.39 is 59.7 Å². The Balaban J connectivity index is 1.55. The number of alkyl halides is 4. The minimum absolute atomic E-state index is 0.0511. The number of carbonyl (C=O) groups excluding carboxylic acids is 1. The van der Waals surface area contributed by atoms with E-state index in [0.29, 0.717) is 27.8 Å². The minimum Gasteiger partial charge on any atom is -0.481 e. The number of nitrogens with zero attached hydrogens (tertiary/aromatic N) is 2. The van der Waals surface area contributed by atoms with E-state index in [1.807, 2.05) is 13.0 Å². The Morgan fingerprint density at radius 2 is 1.83 bits per heavy atom. The summed E-state index contributed by atoms with van der Waals surface area (Å²) in [5.74, 6) is -2.75. The third kappa shape index (κ3) is 6.59. The molecule has 0 radical (unpaired) electrons. The molecule has 4 heterocycles. The van der Waals surface area contributed by atoms with Crippen LogP contribution >= 0.6 is 11.3 Å². The number of ether oxygens (including phenoxy) is 1. The lowest BCUT2D eigenvalue weighted by atomic mass is 9.99. The molecule has 2 aromatic carbocycles.